The molecule has 4 rings (SSSR count). The van der Waals surface area contributed by atoms with Gasteiger partial charge in [0.25, 0.3) is 0 Å². The van der Waals surface area contributed by atoms with Gasteiger partial charge in [-0.05, 0) is 24.3 Å². The van der Waals surface area contributed by atoms with Crippen LogP contribution in [-0.4, -0.2) is 75.4 Å². The molecule has 4 N–H and O–H groups in total. The number of aliphatic hydroxyl groups is 1. The average Bonchev–Trinajstić information content (AvgIpc) is 2.83. The summed E-state index contributed by atoms with van der Waals surface area (Å²) in [5.41, 5.74) is 8.51. The van der Waals surface area contributed by atoms with Crippen molar-refractivity contribution in [1.29, 1.82) is 0 Å². The van der Waals surface area contributed by atoms with Crippen LogP contribution < -0.4 is 11.1 Å². The molecule has 0 radical (unpaired) electrons. The van der Waals surface area contributed by atoms with Gasteiger partial charge in [-0.2, -0.15) is 0 Å². The number of nitrogens with two attached hydrogens (primary N) is 1. The van der Waals surface area contributed by atoms with Gasteiger partial charge in [0.1, 0.15) is 0 Å². The van der Waals surface area contributed by atoms with Crippen molar-refractivity contribution >= 4 is 50.2 Å². The van der Waals surface area contributed by atoms with Gasteiger partial charge in [0, 0.05) is 27.5 Å². The summed E-state index contributed by atoms with van der Waals surface area (Å²) in [5, 5.41) is 12.3. The van der Waals surface area contributed by atoms with Crippen LogP contribution in [0.25, 0.3) is 0 Å². The van der Waals surface area contributed by atoms with Gasteiger partial charge in [-0.15, -0.1) is 11.8 Å². The van der Waals surface area contributed by atoms with E-state index in [1.807, 2.05) is 0 Å². The molecule has 8 nitrogen and oxygen atoms in total. The Morgan fingerprint density at radius 1 is 0.946 bits per heavy atom. The minimum Gasteiger partial charge on any atom is -0.397 e. The lowest BCUT2D eigenvalue weighted by Gasteiger charge is -2.25. The number of rotatable bonds is 9. The van der Waals surface area contributed by atoms with Crippen molar-refractivity contribution in [3.8, 4) is 0 Å². The minimum atomic E-state index is -3.68. The van der Waals surface area contributed by atoms with E-state index in [-0.39, 0.29) is 33.3 Å². The number of hydrogen-bond donors (Lipinski definition) is 3. The van der Waals surface area contributed by atoms with E-state index in [2.05, 4.69) is 26.5 Å². The average molecular weight is 541 g/mol. The number of carbonyl (C=O) groups excluding carboxylic acids is 2. The van der Waals surface area contributed by atoms with Gasteiger partial charge in [0.15, 0.2) is 21.4 Å². The third-order valence-corrected chi connectivity index (χ3v) is 8.78. The maximum atomic E-state index is 13.6. The molecule has 0 spiro atoms. The minimum absolute atomic E-state index is 0.0427. The SMILES string of the molecule is C[N+](C)(C)CCSc1cc(Nc2cccc(S(=O)(=O)CCO)c2)c2c(c1N)C(=O)c1ccccc1C2=O. The molecule has 0 heterocycles. The summed E-state index contributed by atoms with van der Waals surface area (Å²) < 4.78 is 25.7. The number of fused-ring (bicyclic) bond motifs is 2. The highest BCUT2D eigenvalue weighted by Gasteiger charge is 2.35. The van der Waals surface area contributed by atoms with Gasteiger partial charge in [-0.1, -0.05) is 30.3 Å². The molecule has 0 unspecified atom stereocenters. The van der Waals surface area contributed by atoms with Crippen LogP contribution in [0.1, 0.15) is 31.8 Å². The number of ketones is 2. The maximum Gasteiger partial charge on any atom is 0.196 e. The first kappa shape index (κ1) is 26.9. The molecular formula is C27H30N3O5S2+. The summed E-state index contributed by atoms with van der Waals surface area (Å²) in [6, 6.07) is 14.6. The number of nitrogens with zero attached hydrogens (tertiary/aromatic N) is 1. The Morgan fingerprint density at radius 3 is 2.22 bits per heavy atom. The largest absolute Gasteiger partial charge is 0.397 e. The van der Waals surface area contributed by atoms with E-state index in [9.17, 15) is 18.0 Å². The van der Waals surface area contributed by atoms with Crippen LogP contribution in [-0.2, 0) is 9.84 Å². The van der Waals surface area contributed by atoms with E-state index in [0.717, 1.165) is 16.8 Å². The third kappa shape index (κ3) is 5.57. The van der Waals surface area contributed by atoms with Crippen molar-refractivity contribution in [3.05, 3.63) is 76.9 Å². The molecule has 0 saturated heterocycles. The van der Waals surface area contributed by atoms with Gasteiger partial charge >= 0.3 is 0 Å². The quantitative estimate of drug-likeness (QED) is 0.168. The molecule has 3 aromatic carbocycles. The third-order valence-electron chi connectivity index (χ3n) is 6.05. The molecule has 0 fully saturated rings. The molecule has 0 atom stereocenters. The number of nitrogen functional groups attached to an aromatic ring is 1. The van der Waals surface area contributed by atoms with Crippen LogP contribution in [0.3, 0.4) is 0 Å². The molecule has 0 aromatic heterocycles. The molecule has 194 valence electrons. The lowest BCUT2D eigenvalue weighted by atomic mass is 9.82. The second-order valence-electron chi connectivity index (χ2n) is 9.85. The molecule has 0 saturated carbocycles. The lowest BCUT2D eigenvalue weighted by Crippen LogP contribution is -2.36. The van der Waals surface area contributed by atoms with Crippen LogP contribution >= 0.6 is 11.8 Å². The zero-order chi connectivity index (χ0) is 27.0. The second-order valence-corrected chi connectivity index (χ2v) is 13.1. The van der Waals surface area contributed by atoms with Crippen molar-refractivity contribution < 1.29 is 27.6 Å². The van der Waals surface area contributed by atoms with Gasteiger partial charge in [-0.3, -0.25) is 9.59 Å². The Morgan fingerprint density at radius 2 is 1.59 bits per heavy atom. The molecule has 0 aliphatic heterocycles. The molecule has 10 heteroatoms. The fraction of sp³-hybridized carbons (Fsp3) is 0.259. The zero-order valence-electron chi connectivity index (χ0n) is 20.9. The molecular weight excluding hydrogens is 510 g/mol. The summed E-state index contributed by atoms with van der Waals surface area (Å²) in [7, 11) is 2.57. The fourth-order valence-corrected chi connectivity index (χ4v) is 6.49. The number of thioether (sulfide) groups is 1. The van der Waals surface area contributed by atoms with Gasteiger partial charge in [0.2, 0.25) is 0 Å². The number of benzene rings is 3. The first-order valence-corrected chi connectivity index (χ1v) is 14.4. The van der Waals surface area contributed by atoms with E-state index >= 15 is 0 Å². The molecule has 0 bridgehead atoms. The van der Waals surface area contributed by atoms with Gasteiger partial charge in [-0.25, -0.2) is 8.42 Å². The molecule has 1 aliphatic rings. The number of carbonyl (C=O) groups is 2. The van der Waals surface area contributed by atoms with Crippen molar-refractivity contribution in [2.75, 3.05) is 56.9 Å². The Bertz CT molecular complexity index is 1490. The Hall–Kier alpha value is -3.18. The number of aliphatic hydroxyl groups excluding tert-OH is 1. The van der Waals surface area contributed by atoms with E-state index < -0.39 is 22.2 Å². The number of hydrogen-bond acceptors (Lipinski definition) is 8. The number of nitrogens with one attached hydrogen (secondary N) is 1. The summed E-state index contributed by atoms with van der Waals surface area (Å²) in [5.74, 6) is -0.310. The standard InChI is InChI=1S/C27H29N3O5S2/c1-30(2,3)11-13-36-22-16-21(29-17-7-6-8-18(15-17)37(34,35)14-12-31)23-24(25(22)28)27(33)20-10-5-4-9-19(20)26(23)32/h4-10,15-16,31H,11-14H2,1-3H3,(H2-,28,29,32,33)/p+1. The van der Waals surface area contributed by atoms with E-state index in [1.54, 1.807) is 42.5 Å². The van der Waals surface area contributed by atoms with Crippen molar-refractivity contribution in [1.82, 2.24) is 0 Å². The molecule has 37 heavy (non-hydrogen) atoms. The van der Waals surface area contributed by atoms with Gasteiger partial charge < -0.3 is 20.6 Å². The van der Waals surface area contributed by atoms with Crippen molar-refractivity contribution in [3.63, 3.8) is 0 Å². The van der Waals surface area contributed by atoms with E-state index in [0.29, 0.717) is 27.4 Å². The Labute approximate surface area is 221 Å². The van der Waals surface area contributed by atoms with Crippen LogP contribution in [0.5, 0.6) is 0 Å². The number of sulfone groups is 1. The fourth-order valence-electron chi connectivity index (χ4n) is 4.10. The highest BCUT2D eigenvalue weighted by Crippen LogP contribution is 2.42. The first-order valence-electron chi connectivity index (χ1n) is 11.7. The summed E-state index contributed by atoms with van der Waals surface area (Å²) >= 11 is 1.50. The summed E-state index contributed by atoms with van der Waals surface area (Å²) in [6.45, 7) is 0.361. The van der Waals surface area contributed by atoms with Crippen LogP contribution in [0.2, 0.25) is 0 Å². The van der Waals surface area contributed by atoms with Crippen LogP contribution in [0.15, 0.2) is 64.4 Å². The normalized spacial score (nSPS) is 13.3. The zero-order valence-corrected chi connectivity index (χ0v) is 22.6. The topological polar surface area (TPSA) is 127 Å². The predicted octanol–water partition coefficient (Wildman–Crippen LogP) is 3.35. The predicted molar refractivity (Wildman–Crippen MR) is 147 cm³/mol. The maximum absolute atomic E-state index is 13.6. The smallest absolute Gasteiger partial charge is 0.196 e. The second kappa shape index (κ2) is 10.3. The first-order chi connectivity index (χ1) is 17.4. The van der Waals surface area contributed by atoms with Crippen molar-refractivity contribution in [2.45, 2.75) is 9.79 Å². The van der Waals surface area contributed by atoms with E-state index in [1.165, 1.54) is 23.9 Å². The van der Waals surface area contributed by atoms with Crippen LogP contribution in [0.4, 0.5) is 17.1 Å². The highest BCUT2D eigenvalue weighted by molar-refractivity contribution is 7.99. The highest BCUT2D eigenvalue weighted by atomic mass is 32.2. The van der Waals surface area contributed by atoms with Crippen LogP contribution in [0, 0.1) is 0 Å². The number of anilines is 3. The van der Waals surface area contributed by atoms with Gasteiger partial charge in [0.05, 0.1) is 67.4 Å². The Balaban J connectivity index is 1.83. The Kier molecular flexibility index (Phi) is 7.48. The monoisotopic (exact) mass is 540 g/mol. The number of quaternary nitrogens is 1. The summed E-state index contributed by atoms with van der Waals surface area (Å²) in [6.07, 6.45) is 0. The van der Waals surface area contributed by atoms with Crippen molar-refractivity contribution in [2.24, 2.45) is 0 Å². The molecule has 3 aromatic rings. The lowest BCUT2D eigenvalue weighted by molar-refractivity contribution is -0.867. The molecule has 0 amide bonds. The molecule has 1 aliphatic carbocycles. The van der Waals surface area contributed by atoms with E-state index in [4.69, 9.17) is 10.8 Å². The summed E-state index contributed by atoms with van der Waals surface area (Å²) in [4.78, 5) is 27.9.